The van der Waals surface area contributed by atoms with Crippen molar-refractivity contribution in [3.8, 4) is 11.8 Å². The summed E-state index contributed by atoms with van der Waals surface area (Å²) in [7, 11) is 0. The van der Waals surface area contributed by atoms with Gasteiger partial charge in [0.05, 0.1) is 17.2 Å². The van der Waals surface area contributed by atoms with Crippen LogP contribution in [0.15, 0.2) is 60.7 Å². The van der Waals surface area contributed by atoms with Crippen molar-refractivity contribution in [1.29, 1.82) is 5.26 Å². The number of likely N-dealkylation sites (tertiary alicyclic amines) is 1. The Morgan fingerprint density at radius 1 is 1.05 bits per heavy atom. The average Bonchev–Trinajstić information content (AvgIpc) is 3.18. The number of piperidine rings is 1. The minimum Gasteiger partial charge on any atom is -0.486 e. The van der Waals surface area contributed by atoms with Crippen LogP contribution in [0.2, 0.25) is 0 Å². The lowest BCUT2D eigenvalue weighted by atomic mass is 9.89. The molecule has 5 rings (SSSR count). The maximum atomic E-state index is 13.4. The number of ether oxygens (including phenoxy) is 3. The number of nitriles is 1. The molecule has 3 heterocycles. The molecule has 3 aliphatic heterocycles. The number of hydrogen-bond donors (Lipinski definition) is 0. The zero-order valence-corrected chi connectivity index (χ0v) is 21.5. The summed E-state index contributed by atoms with van der Waals surface area (Å²) in [6.45, 7) is 1.19. The summed E-state index contributed by atoms with van der Waals surface area (Å²) in [5.41, 5.74) is -1.36. The minimum atomic E-state index is -4.53. The SMILES string of the molecule is N#Cc1cccc(OC(CCN2CCC3(CC2)OC(=O)N2OC(=O)/C=C/C(=O)OC23)c2cccc(C(F)(F)F)c2)c1. The fourth-order valence-corrected chi connectivity index (χ4v) is 5.05. The smallest absolute Gasteiger partial charge is 0.447 e. The Hall–Kier alpha value is -4.57. The molecule has 2 unspecified atom stereocenters. The molecule has 0 radical (unpaired) electrons. The highest BCUT2D eigenvalue weighted by Gasteiger charge is 2.59. The van der Waals surface area contributed by atoms with Gasteiger partial charge in [0.1, 0.15) is 11.9 Å². The number of hydrogen-bond acceptors (Lipinski definition) is 9. The van der Waals surface area contributed by atoms with E-state index in [0.717, 1.165) is 24.3 Å². The molecule has 214 valence electrons. The highest BCUT2D eigenvalue weighted by molar-refractivity contribution is 5.93. The van der Waals surface area contributed by atoms with Crippen molar-refractivity contribution in [3.63, 3.8) is 0 Å². The van der Waals surface area contributed by atoms with Gasteiger partial charge >= 0.3 is 24.2 Å². The van der Waals surface area contributed by atoms with Crippen LogP contribution in [-0.4, -0.2) is 59.5 Å². The van der Waals surface area contributed by atoms with Crippen molar-refractivity contribution in [2.24, 2.45) is 0 Å². The van der Waals surface area contributed by atoms with Crippen LogP contribution >= 0.6 is 0 Å². The first kappa shape index (κ1) is 28.0. The summed E-state index contributed by atoms with van der Waals surface area (Å²) in [6, 6.07) is 13.3. The summed E-state index contributed by atoms with van der Waals surface area (Å²) in [5, 5.41) is 9.85. The summed E-state index contributed by atoms with van der Waals surface area (Å²) >= 11 is 0. The second-order valence-corrected chi connectivity index (χ2v) is 9.79. The standard InChI is InChI=1S/C28H24F3N3O7/c29-28(30,31)20-5-2-4-19(16-20)22(38-21-6-1-3-18(15-21)17-32)9-12-33-13-10-27(11-14-33)25-34(26(37)40-27)41-24(36)8-7-23(35)39-25/h1-8,15-16,22,25H,9-14H2/b8-7+. The molecule has 2 aromatic carbocycles. The molecule has 3 aliphatic rings. The first-order valence-electron chi connectivity index (χ1n) is 12.8. The Kier molecular flexibility index (Phi) is 7.59. The highest BCUT2D eigenvalue weighted by Crippen LogP contribution is 2.40. The normalized spacial score (nSPS) is 22.0. The maximum absolute atomic E-state index is 13.4. The third-order valence-corrected chi connectivity index (χ3v) is 7.14. The Labute approximate surface area is 232 Å². The Balaban J connectivity index is 1.29. The van der Waals surface area contributed by atoms with Gasteiger partial charge in [0, 0.05) is 51.0 Å². The van der Waals surface area contributed by atoms with Crippen molar-refractivity contribution in [3.05, 3.63) is 77.4 Å². The molecule has 0 N–H and O–H groups in total. The molecule has 0 saturated carbocycles. The third-order valence-electron chi connectivity index (χ3n) is 7.14. The monoisotopic (exact) mass is 571 g/mol. The predicted molar refractivity (Wildman–Crippen MR) is 132 cm³/mol. The summed E-state index contributed by atoms with van der Waals surface area (Å²) in [5.74, 6) is -1.39. The second kappa shape index (κ2) is 11.1. The van der Waals surface area contributed by atoms with Gasteiger partial charge in [0.15, 0.2) is 5.60 Å². The van der Waals surface area contributed by atoms with Gasteiger partial charge < -0.3 is 23.9 Å². The van der Waals surface area contributed by atoms with Gasteiger partial charge in [-0.15, -0.1) is 0 Å². The van der Waals surface area contributed by atoms with E-state index >= 15 is 0 Å². The molecule has 2 aromatic rings. The van der Waals surface area contributed by atoms with Crippen LogP contribution < -0.4 is 4.74 Å². The summed E-state index contributed by atoms with van der Waals surface area (Å²) in [6.07, 6.45) is -4.95. The van der Waals surface area contributed by atoms with Crippen molar-refractivity contribution in [2.45, 2.75) is 43.4 Å². The van der Waals surface area contributed by atoms with Crippen LogP contribution in [0, 0.1) is 11.3 Å². The predicted octanol–water partition coefficient (Wildman–Crippen LogP) is 4.27. The molecule has 2 atom stereocenters. The topological polar surface area (TPSA) is 118 Å². The van der Waals surface area contributed by atoms with E-state index in [1.807, 2.05) is 11.0 Å². The molecule has 2 saturated heterocycles. The van der Waals surface area contributed by atoms with E-state index in [-0.39, 0.29) is 12.8 Å². The van der Waals surface area contributed by atoms with Crippen LogP contribution in [-0.2, 0) is 30.1 Å². The number of amides is 1. The Morgan fingerprint density at radius 3 is 2.51 bits per heavy atom. The van der Waals surface area contributed by atoms with E-state index < -0.39 is 47.7 Å². The number of fused-ring (bicyclic) bond motifs is 2. The number of carbonyl (C=O) groups is 3. The number of carbonyl (C=O) groups excluding carboxylic acids is 3. The van der Waals surface area contributed by atoms with Crippen LogP contribution in [0.5, 0.6) is 5.75 Å². The average molecular weight is 572 g/mol. The van der Waals surface area contributed by atoms with Crippen LogP contribution in [0.1, 0.15) is 42.1 Å². The fraction of sp³-hybridized carbons (Fsp3) is 0.357. The van der Waals surface area contributed by atoms with E-state index in [9.17, 15) is 32.8 Å². The van der Waals surface area contributed by atoms with Crippen LogP contribution in [0.4, 0.5) is 18.0 Å². The van der Waals surface area contributed by atoms with Crippen molar-refractivity contribution < 1.29 is 46.6 Å². The lowest BCUT2D eigenvalue weighted by molar-refractivity contribution is -0.222. The maximum Gasteiger partial charge on any atom is 0.447 e. The Bertz CT molecular complexity index is 1410. The molecule has 0 bridgehead atoms. The number of benzene rings is 2. The number of esters is 1. The zero-order chi connectivity index (χ0) is 29.2. The number of hydroxylamine groups is 2. The van der Waals surface area contributed by atoms with E-state index in [1.165, 1.54) is 12.1 Å². The molecule has 1 spiro atoms. The Morgan fingerprint density at radius 2 is 1.78 bits per heavy atom. The molecule has 13 heteroatoms. The number of nitrogens with zero attached hydrogens (tertiary/aromatic N) is 3. The van der Waals surface area contributed by atoms with Gasteiger partial charge in [0.2, 0.25) is 0 Å². The molecule has 2 fully saturated rings. The zero-order valence-electron chi connectivity index (χ0n) is 21.5. The quantitative estimate of drug-likeness (QED) is 0.469. The molecule has 10 nitrogen and oxygen atoms in total. The largest absolute Gasteiger partial charge is 0.486 e. The summed E-state index contributed by atoms with van der Waals surface area (Å²) < 4.78 is 57.3. The molecular weight excluding hydrogens is 547 g/mol. The van der Waals surface area contributed by atoms with Gasteiger partial charge in [-0.1, -0.05) is 23.3 Å². The van der Waals surface area contributed by atoms with Crippen LogP contribution in [0.3, 0.4) is 0 Å². The minimum absolute atomic E-state index is 0.244. The molecule has 41 heavy (non-hydrogen) atoms. The number of halogens is 3. The second-order valence-electron chi connectivity index (χ2n) is 9.79. The van der Waals surface area contributed by atoms with Crippen molar-refractivity contribution >= 4 is 18.0 Å². The van der Waals surface area contributed by atoms with E-state index in [0.29, 0.717) is 48.0 Å². The molecular formula is C28H24F3N3O7. The van der Waals surface area contributed by atoms with Crippen molar-refractivity contribution in [1.82, 2.24) is 9.96 Å². The van der Waals surface area contributed by atoms with Gasteiger partial charge in [-0.3, -0.25) is 0 Å². The van der Waals surface area contributed by atoms with Gasteiger partial charge in [-0.05, 0) is 35.9 Å². The summed E-state index contributed by atoms with van der Waals surface area (Å²) in [4.78, 5) is 43.4. The molecule has 1 amide bonds. The first-order chi connectivity index (χ1) is 19.6. The van der Waals surface area contributed by atoms with E-state index in [2.05, 4.69) is 0 Å². The van der Waals surface area contributed by atoms with Gasteiger partial charge in [-0.25, -0.2) is 14.4 Å². The highest BCUT2D eigenvalue weighted by atomic mass is 19.4. The van der Waals surface area contributed by atoms with Gasteiger partial charge in [-0.2, -0.15) is 18.4 Å². The molecule has 0 aliphatic carbocycles. The molecule has 0 aromatic heterocycles. The van der Waals surface area contributed by atoms with Crippen LogP contribution in [0.25, 0.3) is 0 Å². The lowest BCUT2D eigenvalue weighted by Gasteiger charge is -2.40. The van der Waals surface area contributed by atoms with E-state index in [4.69, 9.17) is 19.0 Å². The van der Waals surface area contributed by atoms with Crippen molar-refractivity contribution in [2.75, 3.05) is 19.6 Å². The fourth-order valence-electron chi connectivity index (χ4n) is 5.05. The third kappa shape index (κ3) is 6.12. The lowest BCUT2D eigenvalue weighted by Crippen LogP contribution is -2.54. The van der Waals surface area contributed by atoms with E-state index in [1.54, 1.807) is 24.3 Å². The van der Waals surface area contributed by atoms with Gasteiger partial charge in [0.25, 0.3) is 6.23 Å². The number of alkyl halides is 3. The number of rotatable bonds is 6. The first-order valence-corrected chi connectivity index (χ1v) is 12.8.